The van der Waals surface area contributed by atoms with Gasteiger partial charge in [0.2, 0.25) is 15.9 Å². The zero-order valence-corrected chi connectivity index (χ0v) is 6.73. The van der Waals surface area contributed by atoms with E-state index in [2.05, 4.69) is 6.92 Å². The third-order valence-electron chi connectivity index (χ3n) is 0.877. The van der Waals surface area contributed by atoms with Crippen LogP contribution in [0.1, 0.15) is 13.8 Å². The summed E-state index contributed by atoms with van der Waals surface area (Å²) in [6.07, 6.45) is 0. The summed E-state index contributed by atoms with van der Waals surface area (Å²) in [5, 5.41) is -0.599. The van der Waals surface area contributed by atoms with Crippen molar-refractivity contribution in [3.05, 3.63) is 6.92 Å². The van der Waals surface area contributed by atoms with E-state index in [1.807, 2.05) is 0 Å². The van der Waals surface area contributed by atoms with Crippen molar-refractivity contribution in [2.75, 3.05) is 0 Å². The molecule has 0 aromatic heterocycles. The lowest BCUT2D eigenvalue weighted by molar-refractivity contribution is -0.115. The van der Waals surface area contributed by atoms with Gasteiger partial charge in [0, 0.05) is 6.92 Å². The Morgan fingerprint density at radius 3 is 2.00 bits per heavy atom. The number of carbonyl (C=O) groups is 1. The van der Waals surface area contributed by atoms with Crippen molar-refractivity contribution in [1.29, 1.82) is 0 Å². The first kappa shape index (κ1) is 9.42. The quantitative estimate of drug-likeness (QED) is 0.608. The summed E-state index contributed by atoms with van der Waals surface area (Å²) >= 11 is 0. The Kier molecular flexibility index (Phi) is 2.83. The summed E-state index contributed by atoms with van der Waals surface area (Å²) < 4.78 is 23.3. The molecule has 0 unspecified atom stereocenters. The summed E-state index contributed by atoms with van der Waals surface area (Å²) in [5.74, 6) is -0.797. The number of hydrogen-bond acceptors (Lipinski definition) is 3. The van der Waals surface area contributed by atoms with E-state index < -0.39 is 21.2 Å². The lowest BCUT2D eigenvalue weighted by atomic mass is 10.6. The zero-order valence-electron chi connectivity index (χ0n) is 5.92. The van der Waals surface area contributed by atoms with Gasteiger partial charge in [0.15, 0.2) is 0 Å². The lowest BCUT2D eigenvalue weighted by Gasteiger charge is -2.05. The first-order valence-corrected chi connectivity index (χ1v) is 4.28. The molecule has 0 heterocycles. The van der Waals surface area contributed by atoms with Gasteiger partial charge in [0.05, 0.1) is 5.25 Å². The topological polar surface area (TPSA) is 63.2 Å². The summed E-state index contributed by atoms with van der Waals surface area (Å²) in [5.41, 5.74) is 0. The highest BCUT2D eigenvalue weighted by Crippen LogP contribution is 1.94. The largest absolute Gasteiger partial charge is 0.274 e. The van der Waals surface area contributed by atoms with Crippen LogP contribution in [0, 0.1) is 6.92 Å². The average molecular weight is 164 g/mol. The predicted octanol–water partition coefficient (Wildman–Crippen LogP) is -0.325. The maximum Gasteiger partial charge on any atom is 0.237 e. The van der Waals surface area contributed by atoms with Gasteiger partial charge in [-0.15, -0.1) is 0 Å². The molecule has 5 heteroatoms. The van der Waals surface area contributed by atoms with Gasteiger partial charge in [-0.05, 0) is 13.8 Å². The standard InChI is InChI=1S/C5H10NO3S/c1-4(2)10(8,9)6-5(3)7/h4H,3H2,1-2H3,(H,6,7). The minimum atomic E-state index is -3.46. The maximum absolute atomic E-state index is 10.8. The summed E-state index contributed by atoms with van der Waals surface area (Å²) in [6.45, 7) is 5.83. The SMILES string of the molecule is [CH2]C(=O)NS(=O)(=O)C(C)C. The molecule has 10 heavy (non-hydrogen) atoms. The number of rotatable bonds is 2. The summed E-state index contributed by atoms with van der Waals surface area (Å²) in [7, 11) is -3.46. The Labute approximate surface area is 60.7 Å². The van der Waals surface area contributed by atoms with E-state index in [-0.39, 0.29) is 0 Å². The van der Waals surface area contributed by atoms with E-state index in [1.165, 1.54) is 13.8 Å². The van der Waals surface area contributed by atoms with Gasteiger partial charge in [-0.1, -0.05) is 0 Å². The maximum atomic E-state index is 10.8. The molecule has 0 atom stereocenters. The Morgan fingerprint density at radius 1 is 1.50 bits per heavy atom. The second kappa shape index (κ2) is 3.01. The second-order valence-electron chi connectivity index (χ2n) is 2.12. The summed E-state index contributed by atoms with van der Waals surface area (Å²) in [4.78, 5) is 10.2. The van der Waals surface area contributed by atoms with Crippen LogP contribution in [0.3, 0.4) is 0 Å². The fourth-order valence-corrected chi connectivity index (χ4v) is 0.830. The van der Waals surface area contributed by atoms with Crippen LogP contribution in [-0.2, 0) is 14.8 Å². The first-order chi connectivity index (χ1) is 4.36. The van der Waals surface area contributed by atoms with E-state index in [4.69, 9.17) is 0 Å². The Hall–Kier alpha value is -0.580. The highest BCUT2D eigenvalue weighted by atomic mass is 32.2. The molecule has 0 spiro atoms. The van der Waals surface area contributed by atoms with Gasteiger partial charge in [-0.3, -0.25) is 9.52 Å². The molecule has 4 nitrogen and oxygen atoms in total. The van der Waals surface area contributed by atoms with Gasteiger partial charge < -0.3 is 0 Å². The highest BCUT2D eigenvalue weighted by Gasteiger charge is 2.15. The van der Waals surface area contributed by atoms with Gasteiger partial charge in [0.25, 0.3) is 0 Å². The highest BCUT2D eigenvalue weighted by molar-refractivity contribution is 7.90. The summed E-state index contributed by atoms with van der Waals surface area (Å²) in [6, 6.07) is 0. The second-order valence-corrected chi connectivity index (χ2v) is 4.36. The smallest absolute Gasteiger partial charge is 0.237 e. The van der Waals surface area contributed by atoms with Crippen LogP contribution in [0.5, 0.6) is 0 Å². The lowest BCUT2D eigenvalue weighted by Crippen LogP contribution is -2.34. The van der Waals surface area contributed by atoms with E-state index in [1.54, 1.807) is 4.72 Å². The zero-order chi connectivity index (χ0) is 8.36. The Balaban J connectivity index is 4.31. The molecule has 0 aliphatic heterocycles. The van der Waals surface area contributed by atoms with E-state index in [0.717, 1.165) is 0 Å². The number of carbonyl (C=O) groups excluding carboxylic acids is 1. The van der Waals surface area contributed by atoms with Gasteiger partial charge in [0.1, 0.15) is 0 Å². The molecule has 0 aliphatic carbocycles. The van der Waals surface area contributed by atoms with E-state index >= 15 is 0 Å². The van der Waals surface area contributed by atoms with Crippen LogP contribution < -0.4 is 4.72 Å². The van der Waals surface area contributed by atoms with Crippen molar-refractivity contribution in [3.63, 3.8) is 0 Å². The van der Waals surface area contributed by atoms with Crippen molar-refractivity contribution in [2.45, 2.75) is 19.1 Å². The minimum Gasteiger partial charge on any atom is -0.274 e. The molecular weight excluding hydrogens is 154 g/mol. The molecule has 1 N–H and O–H groups in total. The molecule has 1 radical (unpaired) electrons. The number of hydrogen-bond donors (Lipinski definition) is 1. The van der Waals surface area contributed by atoms with Crippen molar-refractivity contribution < 1.29 is 13.2 Å². The van der Waals surface area contributed by atoms with Gasteiger partial charge in [-0.25, -0.2) is 8.42 Å². The normalized spacial score (nSPS) is 11.6. The van der Waals surface area contributed by atoms with Crippen LogP contribution in [0.25, 0.3) is 0 Å². The molecule has 0 saturated heterocycles. The number of amides is 1. The van der Waals surface area contributed by atoms with Crippen LogP contribution in [0.2, 0.25) is 0 Å². The molecule has 0 aromatic rings. The third kappa shape index (κ3) is 2.82. The van der Waals surface area contributed by atoms with Crippen LogP contribution in [-0.4, -0.2) is 19.6 Å². The molecule has 0 fully saturated rings. The van der Waals surface area contributed by atoms with Crippen LogP contribution in [0.15, 0.2) is 0 Å². The van der Waals surface area contributed by atoms with Crippen molar-refractivity contribution in [3.8, 4) is 0 Å². The van der Waals surface area contributed by atoms with Gasteiger partial charge >= 0.3 is 0 Å². The monoisotopic (exact) mass is 164 g/mol. The fraction of sp³-hybridized carbons (Fsp3) is 0.600. The van der Waals surface area contributed by atoms with Crippen LogP contribution in [0.4, 0.5) is 0 Å². The van der Waals surface area contributed by atoms with E-state index in [0.29, 0.717) is 0 Å². The molecule has 59 valence electrons. The molecule has 0 saturated carbocycles. The molecule has 0 aromatic carbocycles. The predicted molar refractivity (Wildman–Crippen MR) is 37.6 cm³/mol. The van der Waals surface area contributed by atoms with Gasteiger partial charge in [-0.2, -0.15) is 0 Å². The average Bonchev–Trinajstić information content (AvgIpc) is 1.60. The molecule has 1 amide bonds. The Bertz CT molecular complexity index is 217. The molecule has 0 rings (SSSR count). The minimum absolute atomic E-state index is 0.599. The molecule has 0 aliphatic rings. The third-order valence-corrected chi connectivity index (χ3v) is 2.63. The molecular formula is C5H10NO3S. The van der Waals surface area contributed by atoms with E-state index in [9.17, 15) is 13.2 Å². The number of nitrogens with one attached hydrogen (secondary N) is 1. The first-order valence-electron chi connectivity index (χ1n) is 2.74. The Morgan fingerprint density at radius 2 is 1.90 bits per heavy atom. The van der Waals surface area contributed by atoms with Crippen molar-refractivity contribution >= 4 is 15.9 Å². The number of sulfonamides is 1. The van der Waals surface area contributed by atoms with Crippen LogP contribution >= 0.6 is 0 Å². The fourth-order valence-electron chi connectivity index (χ4n) is 0.277. The molecule has 0 bridgehead atoms. The van der Waals surface area contributed by atoms with Crippen molar-refractivity contribution in [1.82, 2.24) is 4.72 Å². The van der Waals surface area contributed by atoms with Crippen molar-refractivity contribution in [2.24, 2.45) is 0 Å².